The van der Waals surface area contributed by atoms with E-state index in [-0.39, 0.29) is 29.8 Å². The number of nitrogens with zero attached hydrogens (tertiary/aromatic N) is 4. The Morgan fingerprint density at radius 2 is 1.40 bits per heavy atom. The smallest absolute Gasteiger partial charge is 0.311 e. The maximum absolute atomic E-state index is 14.0. The van der Waals surface area contributed by atoms with Gasteiger partial charge >= 0.3 is 5.97 Å². The summed E-state index contributed by atoms with van der Waals surface area (Å²) >= 11 is 12.2. The topological polar surface area (TPSA) is 87.2 Å². The highest BCUT2D eigenvalue weighted by molar-refractivity contribution is 6.30. The molecule has 0 spiro atoms. The third kappa shape index (κ3) is 8.18. The van der Waals surface area contributed by atoms with E-state index in [1.165, 1.54) is 0 Å². The number of anilines is 2. The molecule has 4 fully saturated rings. The monoisotopic (exact) mass is 691 g/mol. The van der Waals surface area contributed by atoms with E-state index < -0.39 is 12.1 Å². The predicted octanol–water partition coefficient (Wildman–Crippen LogP) is 6.15. The molecule has 4 aliphatic rings. The lowest BCUT2D eigenvalue weighted by atomic mass is 10.0. The number of rotatable bonds is 12. The van der Waals surface area contributed by atoms with E-state index >= 15 is 0 Å². The van der Waals surface area contributed by atoms with E-state index in [4.69, 9.17) is 32.7 Å². The van der Waals surface area contributed by atoms with Crippen molar-refractivity contribution < 1.29 is 19.1 Å². The number of esters is 1. The van der Waals surface area contributed by atoms with Gasteiger partial charge in [-0.2, -0.15) is 0 Å². The summed E-state index contributed by atoms with van der Waals surface area (Å²) in [6.07, 6.45) is 7.00. The van der Waals surface area contributed by atoms with Crippen molar-refractivity contribution in [2.45, 2.75) is 56.8 Å². The highest BCUT2D eigenvalue weighted by Gasteiger charge is 2.38. The lowest BCUT2D eigenvalue weighted by Crippen LogP contribution is -2.50. The first-order chi connectivity index (χ1) is 23.4. The number of nitrogens with one attached hydrogen (secondary N) is 1. The van der Waals surface area contributed by atoms with Crippen LogP contribution in [0.15, 0.2) is 66.9 Å². The van der Waals surface area contributed by atoms with Crippen molar-refractivity contribution in [2.75, 3.05) is 55.6 Å². The molecule has 1 aromatic heterocycles. The number of carbonyl (C=O) groups is 2. The van der Waals surface area contributed by atoms with Crippen LogP contribution >= 0.6 is 23.2 Å². The van der Waals surface area contributed by atoms with Crippen molar-refractivity contribution in [1.29, 1.82) is 0 Å². The summed E-state index contributed by atoms with van der Waals surface area (Å²) in [6, 6.07) is 18.8. The Hall–Kier alpha value is -3.53. The maximum Gasteiger partial charge on any atom is 0.311 e. The van der Waals surface area contributed by atoms with Crippen LogP contribution in [-0.2, 0) is 14.3 Å². The quantitative estimate of drug-likeness (QED) is 0.227. The standard InChI is InChI=1S/C37H43Cl2N5O4/c38-28-4-8-30(9-5-28)43-19-15-26(22-43)36(45)41-33(24-42-17-1-2-18-42)35(25-3-14-34(40-21-25)47-32-12-13-32)48-37(46)27-16-20-44(23-27)31-10-6-29(39)7-11-31/h3-11,14,21,26-27,32-33,35H,1-2,12-13,15-20,22-24H2,(H,41,45). The van der Waals surface area contributed by atoms with Gasteiger partial charge in [0.2, 0.25) is 11.8 Å². The highest BCUT2D eigenvalue weighted by Crippen LogP contribution is 2.32. The number of hydrogen-bond donors (Lipinski definition) is 1. The first-order valence-corrected chi connectivity index (χ1v) is 18.0. The van der Waals surface area contributed by atoms with Gasteiger partial charge in [0.1, 0.15) is 12.2 Å². The molecule has 11 heteroatoms. The molecule has 1 aliphatic carbocycles. The number of aromatic nitrogens is 1. The molecule has 4 atom stereocenters. The van der Waals surface area contributed by atoms with Gasteiger partial charge in [0.05, 0.1) is 17.9 Å². The summed E-state index contributed by atoms with van der Waals surface area (Å²) in [5.74, 6) is -0.194. The van der Waals surface area contributed by atoms with Crippen LogP contribution in [0.1, 0.15) is 50.2 Å². The molecule has 7 rings (SSSR count). The first-order valence-electron chi connectivity index (χ1n) is 17.2. The Labute approximate surface area is 292 Å². The van der Waals surface area contributed by atoms with Crippen molar-refractivity contribution in [3.8, 4) is 5.88 Å². The molecule has 1 amide bonds. The van der Waals surface area contributed by atoms with Gasteiger partial charge in [-0.25, -0.2) is 4.98 Å². The van der Waals surface area contributed by atoms with Crippen molar-refractivity contribution in [3.63, 3.8) is 0 Å². The lowest BCUT2D eigenvalue weighted by molar-refractivity contribution is -0.156. The Bertz CT molecular complexity index is 1550. The van der Waals surface area contributed by atoms with Gasteiger partial charge in [-0.15, -0.1) is 0 Å². The molecular formula is C37H43Cl2N5O4. The van der Waals surface area contributed by atoms with Crippen LogP contribution in [0.3, 0.4) is 0 Å². The number of pyridine rings is 1. The molecule has 9 nitrogen and oxygen atoms in total. The van der Waals surface area contributed by atoms with Crippen LogP contribution in [0.4, 0.5) is 11.4 Å². The summed E-state index contributed by atoms with van der Waals surface area (Å²) < 4.78 is 12.4. The van der Waals surface area contributed by atoms with Gasteiger partial charge in [0, 0.05) is 72.0 Å². The fourth-order valence-corrected chi connectivity index (χ4v) is 7.30. The molecule has 4 heterocycles. The van der Waals surface area contributed by atoms with Gasteiger partial charge < -0.3 is 29.5 Å². The summed E-state index contributed by atoms with van der Waals surface area (Å²) in [7, 11) is 0. The number of amides is 1. The molecule has 2 aromatic carbocycles. The Morgan fingerprint density at radius 1 is 0.792 bits per heavy atom. The van der Waals surface area contributed by atoms with E-state index in [1.807, 2.05) is 60.7 Å². The summed E-state index contributed by atoms with van der Waals surface area (Å²) in [5, 5.41) is 4.74. The minimum absolute atomic E-state index is 0.0202. The maximum atomic E-state index is 14.0. The van der Waals surface area contributed by atoms with E-state index in [0.717, 1.165) is 75.2 Å². The molecule has 0 bridgehead atoms. The molecule has 4 unspecified atom stereocenters. The minimum Gasteiger partial charge on any atom is -0.474 e. The zero-order valence-corrected chi connectivity index (χ0v) is 28.6. The second-order valence-corrected chi connectivity index (χ2v) is 14.4. The van der Waals surface area contributed by atoms with E-state index in [2.05, 4.69) is 25.0 Å². The zero-order valence-electron chi connectivity index (χ0n) is 27.1. The number of ether oxygens (including phenoxy) is 2. The number of halogens is 2. The third-order valence-corrected chi connectivity index (χ3v) is 10.5. The summed E-state index contributed by atoms with van der Waals surface area (Å²) in [6.45, 7) is 5.20. The van der Waals surface area contributed by atoms with Gasteiger partial charge in [-0.05, 0) is 106 Å². The van der Waals surface area contributed by atoms with E-state index in [1.54, 1.807) is 6.20 Å². The molecule has 3 aliphatic heterocycles. The normalized spacial score (nSPS) is 22.5. The molecule has 0 radical (unpaired) electrons. The summed E-state index contributed by atoms with van der Waals surface area (Å²) in [5.41, 5.74) is 2.83. The molecule has 1 N–H and O–H groups in total. The first kappa shape index (κ1) is 33.0. The predicted molar refractivity (Wildman–Crippen MR) is 188 cm³/mol. The van der Waals surface area contributed by atoms with Crippen LogP contribution in [0.25, 0.3) is 0 Å². The van der Waals surface area contributed by atoms with Crippen molar-refractivity contribution in [3.05, 3.63) is 82.5 Å². The number of benzene rings is 2. The number of hydrogen-bond acceptors (Lipinski definition) is 8. The minimum atomic E-state index is -0.706. The fourth-order valence-electron chi connectivity index (χ4n) is 7.05. The molecule has 3 saturated heterocycles. The van der Waals surface area contributed by atoms with Crippen LogP contribution in [0.2, 0.25) is 10.0 Å². The highest BCUT2D eigenvalue weighted by atomic mass is 35.5. The van der Waals surface area contributed by atoms with E-state index in [0.29, 0.717) is 42.0 Å². The van der Waals surface area contributed by atoms with Crippen molar-refractivity contribution >= 4 is 46.5 Å². The number of likely N-dealkylation sites (tertiary alicyclic amines) is 1. The Kier molecular flexibility index (Phi) is 10.3. The average Bonchev–Trinajstić information content (AvgIpc) is 3.49. The molecular weight excluding hydrogens is 649 g/mol. The second kappa shape index (κ2) is 14.9. The lowest BCUT2D eigenvalue weighted by Gasteiger charge is -2.32. The summed E-state index contributed by atoms with van der Waals surface area (Å²) in [4.78, 5) is 39.3. The van der Waals surface area contributed by atoms with E-state index in [9.17, 15) is 9.59 Å². The van der Waals surface area contributed by atoms with Crippen molar-refractivity contribution in [2.24, 2.45) is 11.8 Å². The Balaban J connectivity index is 1.10. The fraction of sp³-hybridized carbons (Fsp3) is 0.486. The van der Waals surface area contributed by atoms with Gasteiger partial charge in [-0.3, -0.25) is 9.59 Å². The SMILES string of the molecule is O=C(NC(CN1CCCC1)C(OC(=O)C1CCN(c2ccc(Cl)cc2)C1)c1ccc(OC2CC2)nc1)C1CCN(c2ccc(Cl)cc2)C1. The third-order valence-electron chi connectivity index (χ3n) is 9.95. The molecule has 48 heavy (non-hydrogen) atoms. The number of carbonyl (C=O) groups excluding carboxylic acids is 2. The largest absolute Gasteiger partial charge is 0.474 e. The Morgan fingerprint density at radius 3 is 1.98 bits per heavy atom. The molecule has 1 saturated carbocycles. The zero-order chi connectivity index (χ0) is 33.0. The molecule has 3 aromatic rings. The van der Waals surface area contributed by atoms with Crippen LogP contribution in [-0.4, -0.2) is 79.7 Å². The molecule has 254 valence electrons. The van der Waals surface area contributed by atoms with Gasteiger partial charge in [-0.1, -0.05) is 23.2 Å². The van der Waals surface area contributed by atoms with Gasteiger partial charge in [0.25, 0.3) is 0 Å². The van der Waals surface area contributed by atoms with Gasteiger partial charge in [0.15, 0.2) is 0 Å². The second-order valence-electron chi connectivity index (χ2n) is 13.5. The van der Waals surface area contributed by atoms with Crippen LogP contribution < -0.4 is 19.9 Å². The van der Waals surface area contributed by atoms with Crippen molar-refractivity contribution in [1.82, 2.24) is 15.2 Å². The van der Waals surface area contributed by atoms with Crippen LogP contribution in [0, 0.1) is 11.8 Å². The average molecular weight is 693 g/mol. The van der Waals surface area contributed by atoms with Crippen LogP contribution in [0.5, 0.6) is 5.88 Å².